The van der Waals surface area contributed by atoms with Gasteiger partial charge in [-0.15, -0.1) is 0 Å². The average Bonchev–Trinajstić information content (AvgIpc) is 2.48. The minimum atomic E-state index is -2.01. The fourth-order valence-electron chi connectivity index (χ4n) is 2.40. The minimum absolute atomic E-state index is 0.328. The molecule has 0 fully saturated rings. The summed E-state index contributed by atoms with van der Waals surface area (Å²) < 4.78 is 33.8. The van der Waals surface area contributed by atoms with Crippen LogP contribution < -0.4 is 0 Å². The molecular weight excluding hydrogens is 270 g/mol. The van der Waals surface area contributed by atoms with Gasteiger partial charge in [-0.2, -0.15) is 0 Å². The SMILES string of the molecule is CCCCCCOC1(F)C=CC(c2ccccc2)=C(F)C1. The third-order valence-electron chi connectivity index (χ3n) is 3.61. The lowest BCUT2D eigenvalue weighted by Gasteiger charge is -2.25. The molecule has 1 nitrogen and oxygen atoms in total. The molecule has 0 bridgehead atoms. The molecule has 0 aliphatic heterocycles. The summed E-state index contributed by atoms with van der Waals surface area (Å²) in [6, 6.07) is 9.18. The highest BCUT2D eigenvalue weighted by atomic mass is 19.2. The van der Waals surface area contributed by atoms with Crippen molar-refractivity contribution in [1.82, 2.24) is 0 Å². The molecule has 3 heteroatoms. The van der Waals surface area contributed by atoms with E-state index in [2.05, 4.69) is 6.92 Å². The molecule has 21 heavy (non-hydrogen) atoms. The number of ether oxygens (including phenoxy) is 1. The lowest BCUT2D eigenvalue weighted by Crippen LogP contribution is -2.27. The highest BCUT2D eigenvalue weighted by Gasteiger charge is 2.33. The predicted octanol–water partition coefficient (Wildman–Crippen LogP) is 5.59. The molecule has 0 aromatic heterocycles. The summed E-state index contributed by atoms with van der Waals surface area (Å²) in [6.45, 7) is 2.45. The number of unbranched alkanes of at least 4 members (excludes halogenated alkanes) is 3. The molecule has 0 saturated heterocycles. The Morgan fingerprint density at radius 2 is 1.90 bits per heavy atom. The van der Waals surface area contributed by atoms with E-state index >= 15 is 0 Å². The standard InChI is InChI=1S/C18H22F2O/c1-2-3-4-8-13-21-18(20)12-11-16(17(19)14-18)15-9-6-5-7-10-15/h5-7,9-12H,2-4,8,13-14H2,1H3. The van der Waals surface area contributed by atoms with Crippen LogP contribution in [-0.2, 0) is 4.74 Å². The maximum absolute atomic E-state index is 14.4. The zero-order chi connectivity index (χ0) is 15.1. The molecule has 1 aliphatic rings. The van der Waals surface area contributed by atoms with E-state index < -0.39 is 11.7 Å². The van der Waals surface area contributed by atoms with E-state index in [-0.39, 0.29) is 6.42 Å². The second-order valence-corrected chi connectivity index (χ2v) is 5.39. The van der Waals surface area contributed by atoms with Gasteiger partial charge < -0.3 is 4.74 Å². The van der Waals surface area contributed by atoms with Gasteiger partial charge in [0.25, 0.3) is 0 Å². The number of rotatable bonds is 7. The normalized spacial score (nSPS) is 21.9. The largest absolute Gasteiger partial charge is 0.342 e. The van der Waals surface area contributed by atoms with Crippen LogP contribution in [0.25, 0.3) is 5.57 Å². The molecule has 0 N–H and O–H groups in total. The van der Waals surface area contributed by atoms with Gasteiger partial charge in [0.2, 0.25) is 5.85 Å². The van der Waals surface area contributed by atoms with E-state index in [1.807, 2.05) is 30.3 Å². The van der Waals surface area contributed by atoms with Crippen LogP contribution in [0.3, 0.4) is 0 Å². The van der Waals surface area contributed by atoms with Crippen molar-refractivity contribution in [3.63, 3.8) is 0 Å². The summed E-state index contributed by atoms with van der Waals surface area (Å²) in [5, 5.41) is 0. The van der Waals surface area contributed by atoms with E-state index in [0.29, 0.717) is 12.2 Å². The molecule has 1 atom stereocenters. The van der Waals surface area contributed by atoms with Gasteiger partial charge in [-0.3, -0.25) is 0 Å². The Morgan fingerprint density at radius 3 is 2.57 bits per heavy atom. The van der Waals surface area contributed by atoms with Gasteiger partial charge >= 0.3 is 0 Å². The Kier molecular flexibility index (Phi) is 5.68. The van der Waals surface area contributed by atoms with E-state index in [9.17, 15) is 8.78 Å². The molecule has 1 unspecified atom stereocenters. The van der Waals surface area contributed by atoms with Crippen molar-refractivity contribution < 1.29 is 13.5 Å². The van der Waals surface area contributed by atoms with Crippen molar-refractivity contribution in [1.29, 1.82) is 0 Å². The summed E-state index contributed by atoms with van der Waals surface area (Å²) in [4.78, 5) is 0. The number of benzene rings is 1. The number of allylic oxidation sites excluding steroid dienone is 2. The van der Waals surface area contributed by atoms with Crippen LogP contribution in [-0.4, -0.2) is 12.5 Å². The Bertz CT molecular complexity index is 507. The number of halogens is 2. The van der Waals surface area contributed by atoms with Crippen LogP contribution in [0.4, 0.5) is 8.78 Å². The molecule has 1 aromatic carbocycles. The van der Waals surface area contributed by atoms with Crippen molar-refractivity contribution >= 4 is 5.57 Å². The first-order valence-electron chi connectivity index (χ1n) is 7.61. The van der Waals surface area contributed by atoms with Gasteiger partial charge in [0.05, 0.1) is 13.0 Å². The second kappa shape index (κ2) is 7.51. The first-order chi connectivity index (χ1) is 10.1. The van der Waals surface area contributed by atoms with Crippen molar-refractivity contribution in [2.45, 2.75) is 44.9 Å². The molecule has 0 amide bonds. The van der Waals surface area contributed by atoms with Crippen LogP contribution in [0, 0.1) is 0 Å². The van der Waals surface area contributed by atoms with E-state index in [0.717, 1.165) is 31.2 Å². The van der Waals surface area contributed by atoms with Gasteiger partial charge in [-0.25, -0.2) is 8.78 Å². The van der Waals surface area contributed by atoms with E-state index in [1.54, 1.807) is 0 Å². The van der Waals surface area contributed by atoms with Crippen LogP contribution in [0.5, 0.6) is 0 Å². The van der Waals surface area contributed by atoms with Crippen LogP contribution in [0.15, 0.2) is 48.3 Å². The van der Waals surface area contributed by atoms with Gasteiger partial charge in [-0.05, 0) is 18.1 Å². The second-order valence-electron chi connectivity index (χ2n) is 5.39. The number of alkyl halides is 1. The first-order valence-corrected chi connectivity index (χ1v) is 7.61. The van der Waals surface area contributed by atoms with E-state index in [4.69, 9.17) is 4.74 Å². The van der Waals surface area contributed by atoms with Crippen molar-refractivity contribution in [3.05, 3.63) is 53.9 Å². The summed E-state index contributed by atoms with van der Waals surface area (Å²) >= 11 is 0. The molecular formula is C18H22F2O. The maximum atomic E-state index is 14.4. The van der Waals surface area contributed by atoms with Gasteiger partial charge in [-0.1, -0.05) is 62.6 Å². The minimum Gasteiger partial charge on any atom is -0.342 e. The van der Waals surface area contributed by atoms with Gasteiger partial charge in [0.15, 0.2) is 0 Å². The van der Waals surface area contributed by atoms with Crippen LogP contribution in [0.1, 0.15) is 44.6 Å². The lowest BCUT2D eigenvalue weighted by molar-refractivity contribution is -0.109. The quantitative estimate of drug-likeness (QED) is 0.595. The highest BCUT2D eigenvalue weighted by Crippen LogP contribution is 2.36. The highest BCUT2D eigenvalue weighted by molar-refractivity contribution is 5.76. The van der Waals surface area contributed by atoms with Crippen molar-refractivity contribution in [3.8, 4) is 0 Å². The first kappa shape index (κ1) is 15.9. The number of hydrogen-bond donors (Lipinski definition) is 0. The zero-order valence-electron chi connectivity index (χ0n) is 12.4. The summed E-state index contributed by atoms with van der Waals surface area (Å²) in [7, 11) is 0. The summed E-state index contributed by atoms with van der Waals surface area (Å²) in [5.74, 6) is -2.46. The fourth-order valence-corrected chi connectivity index (χ4v) is 2.40. The van der Waals surface area contributed by atoms with E-state index in [1.165, 1.54) is 12.2 Å². The molecule has 0 radical (unpaired) electrons. The third kappa shape index (κ3) is 4.50. The molecule has 2 rings (SSSR count). The zero-order valence-corrected chi connectivity index (χ0v) is 12.4. The average molecular weight is 292 g/mol. The lowest BCUT2D eigenvalue weighted by atomic mass is 9.96. The third-order valence-corrected chi connectivity index (χ3v) is 3.61. The maximum Gasteiger partial charge on any atom is 0.235 e. The Labute approximate surface area is 125 Å². The fraction of sp³-hybridized carbons (Fsp3) is 0.444. The molecule has 0 spiro atoms. The smallest absolute Gasteiger partial charge is 0.235 e. The van der Waals surface area contributed by atoms with Crippen LogP contribution in [0.2, 0.25) is 0 Å². The molecule has 0 saturated carbocycles. The Morgan fingerprint density at radius 1 is 1.14 bits per heavy atom. The topological polar surface area (TPSA) is 9.23 Å². The monoisotopic (exact) mass is 292 g/mol. The number of hydrogen-bond acceptors (Lipinski definition) is 1. The molecule has 0 heterocycles. The van der Waals surface area contributed by atoms with Gasteiger partial charge in [0.1, 0.15) is 5.83 Å². The summed E-state index contributed by atoms with van der Waals surface area (Å²) in [5.41, 5.74) is 1.20. The molecule has 1 aliphatic carbocycles. The summed E-state index contributed by atoms with van der Waals surface area (Å²) in [6.07, 6.45) is 6.54. The van der Waals surface area contributed by atoms with Gasteiger partial charge in [0, 0.05) is 5.57 Å². The van der Waals surface area contributed by atoms with Crippen LogP contribution >= 0.6 is 0 Å². The molecule has 1 aromatic rings. The van der Waals surface area contributed by atoms with Crippen molar-refractivity contribution in [2.24, 2.45) is 0 Å². The Balaban J connectivity index is 1.94. The Hall–Kier alpha value is -1.48. The van der Waals surface area contributed by atoms with Crippen molar-refractivity contribution in [2.75, 3.05) is 6.61 Å². The predicted molar refractivity (Wildman–Crippen MR) is 82.2 cm³/mol. The molecule has 114 valence electrons.